The van der Waals surface area contributed by atoms with E-state index in [9.17, 15) is 9.59 Å². The molecule has 0 aromatic heterocycles. The second-order valence-corrected chi connectivity index (χ2v) is 6.93. The van der Waals surface area contributed by atoms with Crippen LogP contribution in [0.4, 0.5) is 0 Å². The molecule has 18 heavy (non-hydrogen) atoms. The zero-order chi connectivity index (χ0) is 13.7. The molecule has 2 fully saturated rings. The standard InChI is InChI=1S/C14H24N2O2/c1-8(2)16-10(9-6-7-9)12(17)15-11(13(16)18)14(3,4)5/h8-11H,6-7H2,1-5H3,(H,15,17). The fourth-order valence-electron chi connectivity index (χ4n) is 2.72. The van der Waals surface area contributed by atoms with Crippen LogP contribution in [0.1, 0.15) is 47.5 Å². The van der Waals surface area contributed by atoms with Crippen LogP contribution in [0, 0.1) is 11.3 Å². The maximum Gasteiger partial charge on any atom is 0.246 e. The first-order valence-corrected chi connectivity index (χ1v) is 6.86. The van der Waals surface area contributed by atoms with E-state index < -0.39 is 6.04 Å². The molecule has 0 radical (unpaired) electrons. The second kappa shape index (κ2) is 4.25. The Labute approximate surface area is 109 Å². The van der Waals surface area contributed by atoms with Crippen molar-refractivity contribution in [2.24, 2.45) is 11.3 Å². The zero-order valence-corrected chi connectivity index (χ0v) is 12.0. The van der Waals surface area contributed by atoms with Crippen molar-refractivity contribution in [3.8, 4) is 0 Å². The van der Waals surface area contributed by atoms with Gasteiger partial charge in [-0.05, 0) is 38.0 Å². The average molecular weight is 252 g/mol. The van der Waals surface area contributed by atoms with Crippen LogP contribution in [-0.2, 0) is 9.59 Å². The number of carbonyl (C=O) groups is 2. The first-order valence-electron chi connectivity index (χ1n) is 6.86. The van der Waals surface area contributed by atoms with Gasteiger partial charge in [0.25, 0.3) is 0 Å². The molecule has 1 aliphatic carbocycles. The largest absolute Gasteiger partial charge is 0.342 e. The second-order valence-electron chi connectivity index (χ2n) is 6.93. The number of amides is 2. The number of rotatable bonds is 2. The Morgan fingerprint density at radius 2 is 1.78 bits per heavy atom. The Hall–Kier alpha value is -1.06. The summed E-state index contributed by atoms with van der Waals surface area (Å²) >= 11 is 0. The molecule has 1 heterocycles. The van der Waals surface area contributed by atoms with Crippen molar-refractivity contribution in [1.29, 1.82) is 0 Å². The number of hydrogen-bond acceptors (Lipinski definition) is 2. The van der Waals surface area contributed by atoms with Crippen molar-refractivity contribution >= 4 is 11.8 Å². The van der Waals surface area contributed by atoms with Crippen LogP contribution in [-0.4, -0.2) is 34.8 Å². The molecule has 102 valence electrons. The maximum absolute atomic E-state index is 12.6. The summed E-state index contributed by atoms with van der Waals surface area (Å²) in [5.41, 5.74) is -0.242. The van der Waals surface area contributed by atoms with E-state index in [1.807, 2.05) is 39.5 Å². The van der Waals surface area contributed by atoms with Gasteiger partial charge in [-0.2, -0.15) is 0 Å². The minimum atomic E-state index is -0.401. The first kappa shape index (κ1) is 13.4. The van der Waals surface area contributed by atoms with Crippen LogP contribution in [0.25, 0.3) is 0 Å². The molecule has 1 aliphatic heterocycles. The molecule has 0 spiro atoms. The Balaban J connectivity index is 2.29. The van der Waals surface area contributed by atoms with Crippen molar-refractivity contribution in [2.45, 2.75) is 65.6 Å². The third kappa shape index (κ3) is 2.25. The summed E-state index contributed by atoms with van der Waals surface area (Å²) in [5, 5.41) is 2.93. The lowest BCUT2D eigenvalue weighted by molar-refractivity contribution is -0.155. The Morgan fingerprint density at radius 1 is 1.22 bits per heavy atom. The highest BCUT2D eigenvalue weighted by Crippen LogP contribution is 2.39. The van der Waals surface area contributed by atoms with Gasteiger partial charge < -0.3 is 10.2 Å². The zero-order valence-electron chi connectivity index (χ0n) is 12.0. The van der Waals surface area contributed by atoms with Crippen molar-refractivity contribution in [2.75, 3.05) is 0 Å². The molecular formula is C14H24N2O2. The molecule has 0 aromatic carbocycles. The molecule has 1 saturated heterocycles. The first-order chi connectivity index (χ1) is 8.23. The molecule has 1 N–H and O–H groups in total. The van der Waals surface area contributed by atoms with E-state index in [2.05, 4.69) is 5.32 Å². The summed E-state index contributed by atoms with van der Waals surface area (Å²) in [6, 6.07) is -0.558. The molecule has 0 aromatic rings. The van der Waals surface area contributed by atoms with Gasteiger partial charge in [0.15, 0.2) is 0 Å². The van der Waals surface area contributed by atoms with Crippen molar-refractivity contribution < 1.29 is 9.59 Å². The number of nitrogens with one attached hydrogen (secondary N) is 1. The molecule has 2 unspecified atom stereocenters. The summed E-state index contributed by atoms with van der Waals surface area (Å²) in [4.78, 5) is 26.7. The van der Waals surface area contributed by atoms with Crippen LogP contribution in [0.3, 0.4) is 0 Å². The molecular weight excluding hydrogens is 228 g/mol. The number of hydrogen-bond donors (Lipinski definition) is 1. The molecule has 4 nitrogen and oxygen atoms in total. The minimum Gasteiger partial charge on any atom is -0.342 e. The highest BCUT2D eigenvalue weighted by Gasteiger charge is 2.51. The van der Waals surface area contributed by atoms with Gasteiger partial charge in [-0.3, -0.25) is 9.59 Å². The lowest BCUT2D eigenvalue weighted by Crippen LogP contribution is -2.68. The van der Waals surface area contributed by atoms with E-state index in [4.69, 9.17) is 0 Å². The summed E-state index contributed by atoms with van der Waals surface area (Å²) in [6.45, 7) is 9.96. The highest BCUT2D eigenvalue weighted by atomic mass is 16.2. The van der Waals surface area contributed by atoms with E-state index in [-0.39, 0.29) is 29.3 Å². The van der Waals surface area contributed by atoms with Gasteiger partial charge in [0.1, 0.15) is 12.1 Å². The molecule has 4 heteroatoms. The van der Waals surface area contributed by atoms with E-state index in [0.29, 0.717) is 5.92 Å². The van der Waals surface area contributed by atoms with E-state index >= 15 is 0 Å². The summed E-state index contributed by atoms with van der Waals surface area (Å²) in [5.74, 6) is 0.483. The van der Waals surface area contributed by atoms with Crippen LogP contribution in [0.5, 0.6) is 0 Å². The lowest BCUT2D eigenvalue weighted by atomic mass is 9.83. The van der Waals surface area contributed by atoms with Gasteiger partial charge in [0.05, 0.1) is 0 Å². The summed E-state index contributed by atoms with van der Waals surface area (Å²) in [7, 11) is 0. The summed E-state index contributed by atoms with van der Waals surface area (Å²) < 4.78 is 0. The van der Waals surface area contributed by atoms with E-state index in [1.54, 1.807) is 0 Å². The Bertz CT molecular complexity index is 366. The molecule has 1 saturated carbocycles. The molecule has 2 amide bonds. The van der Waals surface area contributed by atoms with Gasteiger partial charge in [0.2, 0.25) is 11.8 Å². The number of nitrogens with zero attached hydrogens (tertiary/aromatic N) is 1. The SMILES string of the molecule is CC(C)N1C(=O)C(C(C)(C)C)NC(=O)C1C1CC1. The van der Waals surface area contributed by atoms with Gasteiger partial charge in [-0.15, -0.1) is 0 Å². The van der Waals surface area contributed by atoms with Gasteiger partial charge in [0, 0.05) is 6.04 Å². The van der Waals surface area contributed by atoms with Crippen LogP contribution < -0.4 is 5.32 Å². The van der Waals surface area contributed by atoms with E-state index in [1.165, 1.54) is 0 Å². The van der Waals surface area contributed by atoms with Crippen molar-refractivity contribution in [1.82, 2.24) is 10.2 Å². The number of piperazine rings is 1. The van der Waals surface area contributed by atoms with Gasteiger partial charge in [-0.25, -0.2) is 0 Å². The smallest absolute Gasteiger partial charge is 0.246 e. The monoisotopic (exact) mass is 252 g/mol. The third-order valence-corrected chi connectivity index (χ3v) is 3.85. The van der Waals surface area contributed by atoms with Gasteiger partial charge >= 0.3 is 0 Å². The normalized spacial score (nSPS) is 29.8. The minimum absolute atomic E-state index is 0.0331. The Kier molecular flexibility index (Phi) is 3.16. The average Bonchev–Trinajstić information content (AvgIpc) is 3.01. The molecule has 2 atom stereocenters. The van der Waals surface area contributed by atoms with Crippen LogP contribution in [0.2, 0.25) is 0 Å². The van der Waals surface area contributed by atoms with Crippen molar-refractivity contribution in [3.05, 3.63) is 0 Å². The fourth-order valence-corrected chi connectivity index (χ4v) is 2.72. The van der Waals surface area contributed by atoms with Gasteiger partial charge in [-0.1, -0.05) is 20.8 Å². The predicted octanol–water partition coefficient (Wildman–Crippen LogP) is 1.55. The predicted molar refractivity (Wildman–Crippen MR) is 69.9 cm³/mol. The molecule has 0 bridgehead atoms. The fraction of sp³-hybridized carbons (Fsp3) is 0.857. The topological polar surface area (TPSA) is 49.4 Å². The molecule has 2 aliphatic rings. The highest BCUT2D eigenvalue weighted by molar-refractivity contribution is 5.98. The maximum atomic E-state index is 12.6. The van der Waals surface area contributed by atoms with Crippen molar-refractivity contribution in [3.63, 3.8) is 0 Å². The summed E-state index contributed by atoms with van der Waals surface area (Å²) in [6.07, 6.45) is 2.13. The van der Waals surface area contributed by atoms with E-state index in [0.717, 1.165) is 12.8 Å². The molecule has 2 rings (SSSR count). The third-order valence-electron chi connectivity index (χ3n) is 3.85. The quantitative estimate of drug-likeness (QED) is 0.810. The van der Waals surface area contributed by atoms with Crippen LogP contribution >= 0.6 is 0 Å². The number of carbonyl (C=O) groups excluding carboxylic acids is 2. The Morgan fingerprint density at radius 3 is 2.17 bits per heavy atom. The lowest BCUT2D eigenvalue weighted by Gasteiger charge is -2.45. The van der Waals surface area contributed by atoms with Crippen LogP contribution in [0.15, 0.2) is 0 Å².